The first kappa shape index (κ1) is 16.2. The molecule has 2 heterocycles. The van der Waals surface area contributed by atoms with E-state index in [2.05, 4.69) is 15.5 Å². The number of halogens is 1. The third-order valence-corrected chi connectivity index (χ3v) is 3.88. The second kappa shape index (κ2) is 6.91. The Morgan fingerprint density at radius 2 is 2.08 bits per heavy atom. The second-order valence-electron chi connectivity index (χ2n) is 5.61. The summed E-state index contributed by atoms with van der Waals surface area (Å²) in [7, 11) is 1.52. The van der Waals surface area contributed by atoms with Crippen molar-refractivity contribution in [2.24, 2.45) is 0 Å². The number of anilines is 1. The van der Waals surface area contributed by atoms with E-state index in [1.165, 1.54) is 13.2 Å². The molecule has 0 fully saturated rings. The number of fused-ring (bicyclic) bond motifs is 1. The maximum Gasteiger partial charge on any atom is 0.271 e. The van der Waals surface area contributed by atoms with Crippen molar-refractivity contribution in [1.82, 2.24) is 10.1 Å². The molecule has 8 heteroatoms. The number of nitrogens with zero attached hydrogens (tertiary/aromatic N) is 2. The van der Waals surface area contributed by atoms with E-state index in [1.807, 2.05) is 24.3 Å². The summed E-state index contributed by atoms with van der Waals surface area (Å²) in [4.78, 5) is 4.30. The van der Waals surface area contributed by atoms with Gasteiger partial charge in [0, 0.05) is 6.07 Å². The van der Waals surface area contributed by atoms with Crippen molar-refractivity contribution in [1.29, 1.82) is 0 Å². The van der Waals surface area contributed by atoms with Crippen LogP contribution in [-0.2, 0) is 6.54 Å². The first-order chi connectivity index (χ1) is 12.7. The number of benzene rings is 2. The highest BCUT2D eigenvalue weighted by Gasteiger charge is 2.27. The summed E-state index contributed by atoms with van der Waals surface area (Å²) in [5.74, 6) is 2.15. The quantitative estimate of drug-likeness (QED) is 0.750. The number of methoxy groups -OCH3 is 1. The monoisotopic (exact) mass is 357 g/mol. The van der Waals surface area contributed by atoms with Gasteiger partial charge in [-0.1, -0.05) is 17.3 Å². The first-order valence-electron chi connectivity index (χ1n) is 8.01. The Kier molecular flexibility index (Phi) is 4.30. The molecule has 1 aliphatic rings. The van der Waals surface area contributed by atoms with E-state index in [0.29, 0.717) is 34.7 Å². The molecule has 0 aliphatic carbocycles. The summed E-state index contributed by atoms with van der Waals surface area (Å²) in [6, 6.07) is 11.8. The van der Waals surface area contributed by atoms with Gasteiger partial charge < -0.3 is 24.1 Å². The van der Waals surface area contributed by atoms with Crippen LogP contribution in [0.15, 0.2) is 47.0 Å². The number of rotatable bonds is 5. The van der Waals surface area contributed by atoms with Crippen LogP contribution in [0.25, 0.3) is 0 Å². The summed E-state index contributed by atoms with van der Waals surface area (Å²) in [5.41, 5.74) is 0.293. The molecule has 0 amide bonds. The Bertz CT molecular complexity index is 915. The molecule has 4 rings (SSSR count). The third kappa shape index (κ3) is 3.26. The fourth-order valence-corrected chi connectivity index (χ4v) is 2.55. The maximum atomic E-state index is 13.8. The Labute approximate surface area is 148 Å². The zero-order valence-electron chi connectivity index (χ0n) is 13.9. The van der Waals surface area contributed by atoms with Gasteiger partial charge in [0.15, 0.2) is 17.3 Å². The number of ether oxygens (including phenoxy) is 3. The molecule has 0 spiro atoms. The van der Waals surface area contributed by atoms with Gasteiger partial charge in [-0.25, -0.2) is 4.39 Å². The fourth-order valence-electron chi connectivity index (χ4n) is 2.55. The van der Waals surface area contributed by atoms with Crippen LogP contribution in [0.4, 0.5) is 10.1 Å². The summed E-state index contributed by atoms with van der Waals surface area (Å²) in [5, 5.41) is 6.82. The lowest BCUT2D eigenvalue weighted by Gasteiger charge is -2.23. The molecule has 2 aromatic carbocycles. The minimum absolute atomic E-state index is 0.192. The smallest absolute Gasteiger partial charge is 0.271 e. The molecular weight excluding hydrogens is 341 g/mol. The van der Waals surface area contributed by atoms with E-state index >= 15 is 0 Å². The number of hydrogen-bond donors (Lipinski definition) is 1. The summed E-state index contributed by atoms with van der Waals surface area (Å²) < 4.78 is 35.6. The summed E-state index contributed by atoms with van der Waals surface area (Å²) in [6.45, 7) is 0.467. The van der Waals surface area contributed by atoms with Gasteiger partial charge in [-0.15, -0.1) is 0 Å². The minimum atomic E-state index is -0.486. The van der Waals surface area contributed by atoms with Crippen LogP contribution in [0.1, 0.15) is 17.8 Å². The summed E-state index contributed by atoms with van der Waals surface area (Å²) >= 11 is 0. The molecule has 1 N–H and O–H groups in total. The van der Waals surface area contributed by atoms with Crippen molar-refractivity contribution in [3.05, 3.63) is 60.0 Å². The van der Waals surface area contributed by atoms with E-state index < -0.39 is 11.9 Å². The average molecular weight is 357 g/mol. The van der Waals surface area contributed by atoms with E-state index in [1.54, 1.807) is 12.1 Å². The molecule has 3 aromatic rings. The minimum Gasteiger partial charge on any atom is -0.497 e. The normalized spacial score (nSPS) is 15.5. The van der Waals surface area contributed by atoms with Gasteiger partial charge in [0.1, 0.15) is 18.2 Å². The SMILES string of the molecule is COc1ccc(F)c(NCc2noc([C@@H]3COc4ccccc4O3)n2)c1. The molecule has 134 valence electrons. The summed E-state index contributed by atoms with van der Waals surface area (Å²) in [6.07, 6.45) is -0.486. The topological polar surface area (TPSA) is 78.6 Å². The van der Waals surface area contributed by atoms with E-state index in [-0.39, 0.29) is 13.2 Å². The Hall–Kier alpha value is -3.29. The van der Waals surface area contributed by atoms with Gasteiger partial charge in [0.05, 0.1) is 19.3 Å². The molecule has 1 aromatic heterocycles. The standard InChI is InChI=1S/C18H16FN3O4/c1-23-11-6-7-12(19)13(8-11)20-9-17-21-18(26-22-17)16-10-24-14-4-2-3-5-15(14)25-16/h2-8,16,20H,9-10H2,1H3/t16-/m0/s1. The number of aromatic nitrogens is 2. The Morgan fingerprint density at radius 1 is 1.23 bits per heavy atom. The predicted octanol–water partition coefficient (Wildman–Crippen LogP) is 3.34. The van der Waals surface area contributed by atoms with Crippen molar-refractivity contribution in [2.45, 2.75) is 12.6 Å². The third-order valence-electron chi connectivity index (χ3n) is 3.88. The lowest BCUT2D eigenvalue weighted by molar-refractivity contribution is 0.0665. The van der Waals surface area contributed by atoms with Gasteiger partial charge in [-0.05, 0) is 24.3 Å². The second-order valence-corrected chi connectivity index (χ2v) is 5.61. The van der Waals surface area contributed by atoms with Gasteiger partial charge in [0.2, 0.25) is 6.10 Å². The lowest BCUT2D eigenvalue weighted by atomic mass is 10.2. The molecule has 26 heavy (non-hydrogen) atoms. The molecule has 7 nitrogen and oxygen atoms in total. The van der Waals surface area contributed by atoms with Crippen LogP contribution < -0.4 is 19.5 Å². The molecule has 0 radical (unpaired) electrons. The Morgan fingerprint density at radius 3 is 2.92 bits per heavy atom. The largest absolute Gasteiger partial charge is 0.497 e. The van der Waals surface area contributed by atoms with E-state index in [0.717, 1.165) is 0 Å². The van der Waals surface area contributed by atoms with Crippen LogP contribution in [0.5, 0.6) is 17.2 Å². The van der Waals surface area contributed by atoms with Crippen molar-refractivity contribution in [3.8, 4) is 17.2 Å². The van der Waals surface area contributed by atoms with Crippen LogP contribution in [0.2, 0.25) is 0 Å². The van der Waals surface area contributed by atoms with Crippen molar-refractivity contribution >= 4 is 5.69 Å². The van der Waals surface area contributed by atoms with Crippen molar-refractivity contribution in [2.75, 3.05) is 19.0 Å². The van der Waals surface area contributed by atoms with Gasteiger partial charge in [-0.3, -0.25) is 0 Å². The van der Waals surface area contributed by atoms with Crippen LogP contribution in [0, 0.1) is 5.82 Å². The van der Waals surface area contributed by atoms with Crippen LogP contribution >= 0.6 is 0 Å². The highest BCUT2D eigenvalue weighted by molar-refractivity contribution is 5.49. The van der Waals surface area contributed by atoms with Crippen molar-refractivity contribution < 1.29 is 23.1 Å². The van der Waals surface area contributed by atoms with E-state index in [9.17, 15) is 4.39 Å². The number of hydrogen-bond acceptors (Lipinski definition) is 7. The fraction of sp³-hybridized carbons (Fsp3) is 0.222. The highest BCUT2D eigenvalue weighted by Crippen LogP contribution is 2.35. The molecular formula is C18H16FN3O4. The zero-order chi connectivity index (χ0) is 17.9. The van der Waals surface area contributed by atoms with Crippen LogP contribution in [-0.4, -0.2) is 23.9 Å². The molecule has 1 atom stereocenters. The molecule has 0 bridgehead atoms. The molecule has 0 saturated carbocycles. The maximum absolute atomic E-state index is 13.8. The zero-order valence-corrected chi connectivity index (χ0v) is 13.9. The first-order valence-corrected chi connectivity index (χ1v) is 8.01. The van der Waals surface area contributed by atoms with E-state index in [4.69, 9.17) is 18.7 Å². The van der Waals surface area contributed by atoms with Gasteiger partial charge in [-0.2, -0.15) is 4.98 Å². The predicted molar refractivity (Wildman–Crippen MR) is 89.9 cm³/mol. The number of nitrogens with one attached hydrogen (secondary N) is 1. The van der Waals surface area contributed by atoms with Gasteiger partial charge >= 0.3 is 0 Å². The average Bonchev–Trinajstić information content (AvgIpc) is 3.16. The number of para-hydroxylation sites is 2. The van der Waals surface area contributed by atoms with Crippen molar-refractivity contribution in [3.63, 3.8) is 0 Å². The molecule has 0 unspecified atom stereocenters. The Balaban J connectivity index is 1.43. The molecule has 1 aliphatic heterocycles. The molecule has 0 saturated heterocycles. The highest BCUT2D eigenvalue weighted by atomic mass is 19.1. The lowest BCUT2D eigenvalue weighted by Crippen LogP contribution is -2.21. The van der Waals surface area contributed by atoms with Crippen LogP contribution in [0.3, 0.4) is 0 Å². The van der Waals surface area contributed by atoms with Gasteiger partial charge in [0.25, 0.3) is 5.89 Å².